The van der Waals surface area contributed by atoms with Crippen LogP contribution >= 0.6 is 0 Å². The molecule has 1 aromatic heterocycles. The molecule has 1 heterocycles. The van der Waals surface area contributed by atoms with Crippen molar-refractivity contribution in [1.82, 2.24) is 10.2 Å². The first-order valence-corrected chi connectivity index (χ1v) is 9.84. The van der Waals surface area contributed by atoms with Crippen molar-refractivity contribution in [2.45, 2.75) is 58.8 Å². The Labute approximate surface area is 151 Å². The highest BCUT2D eigenvalue weighted by atomic mass is 16.5. The zero-order chi connectivity index (χ0) is 17.5. The highest BCUT2D eigenvalue weighted by Gasteiger charge is 2.19. The maximum absolute atomic E-state index is 5.48. The van der Waals surface area contributed by atoms with E-state index < -0.39 is 0 Å². The molecule has 1 aromatic carbocycles. The lowest BCUT2D eigenvalue weighted by atomic mass is 9.79. The highest BCUT2D eigenvalue weighted by Crippen LogP contribution is 2.33. The first kappa shape index (κ1) is 17.9. The van der Waals surface area contributed by atoms with Gasteiger partial charge in [-0.1, -0.05) is 39.0 Å². The third-order valence-corrected chi connectivity index (χ3v) is 5.53. The largest absolute Gasteiger partial charge is 0.494 e. The first-order valence-electron chi connectivity index (χ1n) is 9.84. The molecule has 1 saturated carbocycles. The Morgan fingerprint density at radius 2 is 1.60 bits per heavy atom. The molecule has 0 atom stereocenters. The average molecular weight is 338 g/mol. The van der Waals surface area contributed by atoms with E-state index in [0.29, 0.717) is 6.61 Å². The van der Waals surface area contributed by atoms with Gasteiger partial charge in [0, 0.05) is 5.56 Å². The molecule has 0 radical (unpaired) electrons. The molecular weight excluding hydrogens is 308 g/mol. The molecule has 0 aliphatic heterocycles. The number of benzene rings is 1. The second-order valence-corrected chi connectivity index (χ2v) is 7.20. The van der Waals surface area contributed by atoms with Gasteiger partial charge in [0.15, 0.2) is 0 Å². The third-order valence-electron chi connectivity index (χ3n) is 5.53. The minimum atomic E-state index is 0.688. The van der Waals surface area contributed by atoms with Gasteiger partial charge in [0.05, 0.1) is 18.0 Å². The van der Waals surface area contributed by atoms with Crippen molar-refractivity contribution in [2.24, 2.45) is 11.8 Å². The van der Waals surface area contributed by atoms with Crippen LogP contribution in [0.5, 0.6) is 5.75 Å². The van der Waals surface area contributed by atoms with E-state index in [0.717, 1.165) is 41.0 Å². The summed E-state index contributed by atoms with van der Waals surface area (Å²) in [5.74, 6) is 2.76. The van der Waals surface area contributed by atoms with Gasteiger partial charge in [0.2, 0.25) is 0 Å². The van der Waals surface area contributed by atoms with Crippen molar-refractivity contribution in [2.75, 3.05) is 6.61 Å². The summed E-state index contributed by atoms with van der Waals surface area (Å²) < 4.78 is 5.48. The Morgan fingerprint density at radius 1 is 0.880 bits per heavy atom. The Morgan fingerprint density at radius 3 is 2.20 bits per heavy atom. The van der Waals surface area contributed by atoms with Crippen LogP contribution in [0.15, 0.2) is 36.4 Å². The van der Waals surface area contributed by atoms with E-state index in [1.165, 1.54) is 38.5 Å². The average Bonchev–Trinajstić information content (AvgIpc) is 2.68. The molecule has 1 aliphatic carbocycles. The number of hydrogen-bond acceptors (Lipinski definition) is 3. The summed E-state index contributed by atoms with van der Waals surface area (Å²) in [5.41, 5.74) is 3.13. The molecule has 25 heavy (non-hydrogen) atoms. The second-order valence-electron chi connectivity index (χ2n) is 7.20. The predicted octanol–water partition coefficient (Wildman–Crippen LogP) is 5.69. The van der Waals surface area contributed by atoms with Crippen LogP contribution in [0.4, 0.5) is 0 Å². The topological polar surface area (TPSA) is 35.0 Å². The molecular formula is C22H30N2O. The maximum Gasteiger partial charge on any atom is 0.119 e. The van der Waals surface area contributed by atoms with Crippen molar-refractivity contribution in [1.29, 1.82) is 0 Å². The van der Waals surface area contributed by atoms with Gasteiger partial charge in [0.25, 0.3) is 0 Å². The van der Waals surface area contributed by atoms with Gasteiger partial charge >= 0.3 is 0 Å². The summed E-state index contributed by atoms with van der Waals surface area (Å²) in [6, 6.07) is 12.3. The standard InChI is InChI=1S/C22H30N2O/c1-3-17-5-7-18(8-6-17)9-12-20-13-16-22(24-23-20)19-10-14-21(15-11-19)25-4-2/h10-11,13-18H,3-9,12H2,1-2H3. The number of ether oxygens (including phenoxy) is 1. The van der Waals surface area contributed by atoms with E-state index in [1.807, 2.05) is 31.2 Å². The number of hydrogen-bond donors (Lipinski definition) is 0. The Hall–Kier alpha value is -1.90. The summed E-state index contributed by atoms with van der Waals surface area (Å²) >= 11 is 0. The van der Waals surface area contributed by atoms with E-state index in [1.54, 1.807) is 0 Å². The second kappa shape index (κ2) is 8.98. The molecule has 3 heteroatoms. The molecule has 3 rings (SSSR count). The Bertz CT molecular complexity index is 628. The van der Waals surface area contributed by atoms with E-state index in [9.17, 15) is 0 Å². The van der Waals surface area contributed by atoms with Crippen LogP contribution < -0.4 is 4.74 Å². The molecule has 0 N–H and O–H groups in total. The third kappa shape index (κ3) is 5.04. The van der Waals surface area contributed by atoms with Gasteiger partial charge in [-0.05, 0) is 68.0 Å². The molecule has 2 aromatic rings. The molecule has 1 fully saturated rings. The quantitative estimate of drug-likeness (QED) is 0.650. The van der Waals surface area contributed by atoms with Crippen molar-refractivity contribution < 1.29 is 4.74 Å². The van der Waals surface area contributed by atoms with E-state index in [-0.39, 0.29) is 0 Å². The van der Waals surface area contributed by atoms with Crippen LogP contribution in [0, 0.1) is 11.8 Å². The zero-order valence-electron chi connectivity index (χ0n) is 15.6. The lowest BCUT2D eigenvalue weighted by Gasteiger charge is -2.27. The van der Waals surface area contributed by atoms with E-state index in [4.69, 9.17) is 4.74 Å². The van der Waals surface area contributed by atoms with Crippen molar-refractivity contribution in [3.63, 3.8) is 0 Å². The summed E-state index contributed by atoms with van der Waals surface area (Å²) in [6.45, 7) is 5.01. The summed E-state index contributed by atoms with van der Waals surface area (Å²) in [4.78, 5) is 0. The maximum atomic E-state index is 5.48. The number of aromatic nitrogens is 2. The monoisotopic (exact) mass is 338 g/mol. The lowest BCUT2D eigenvalue weighted by molar-refractivity contribution is 0.258. The van der Waals surface area contributed by atoms with Crippen LogP contribution in [-0.2, 0) is 6.42 Å². The van der Waals surface area contributed by atoms with Gasteiger partial charge < -0.3 is 4.74 Å². The van der Waals surface area contributed by atoms with E-state index >= 15 is 0 Å². The van der Waals surface area contributed by atoms with Crippen molar-refractivity contribution in [3.05, 3.63) is 42.1 Å². The first-order chi connectivity index (χ1) is 12.3. The lowest BCUT2D eigenvalue weighted by Crippen LogP contribution is -2.14. The predicted molar refractivity (Wildman–Crippen MR) is 103 cm³/mol. The molecule has 1 aliphatic rings. The number of aryl methyl sites for hydroxylation is 1. The normalized spacial score (nSPS) is 20.4. The fourth-order valence-electron chi connectivity index (χ4n) is 3.82. The smallest absolute Gasteiger partial charge is 0.119 e. The minimum Gasteiger partial charge on any atom is -0.494 e. The van der Waals surface area contributed by atoms with Crippen LogP contribution in [-0.4, -0.2) is 16.8 Å². The highest BCUT2D eigenvalue weighted by molar-refractivity contribution is 5.59. The van der Waals surface area contributed by atoms with E-state index in [2.05, 4.69) is 29.3 Å². The van der Waals surface area contributed by atoms with Crippen LogP contribution in [0.25, 0.3) is 11.3 Å². The summed E-state index contributed by atoms with van der Waals surface area (Å²) in [6.07, 6.45) is 9.30. The van der Waals surface area contributed by atoms with Gasteiger partial charge in [0.1, 0.15) is 5.75 Å². The van der Waals surface area contributed by atoms with Gasteiger partial charge in [-0.3, -0.25) is 0 Å². The van der Waals surface area contributed by atoms with Crippen molar-refractivity contribution >= 4 is 0 Å². The zero-order valence-corrected chi connectivity index (χ0v) is 15.6. The Balaban J connectivity index is 1.52. The van der Waals surface area contributed by atoms with Crippen LogP contribution in [0.1, 0.15) is 58.1 Å². The van der Waals surface area contributed by atoms with Crippen LogP contribution in [0.3, 0.4) is 0 Å². The number of nitrogens with zero attached hydrogens (tertiary/aromatic N) is 2. The van der Waals surface area contributed by atoms with Gasteiger partial charge in [-0.15, -0.1) is 0 Å². The Kier molecular flexibility index (Phi) is 6.43. The minimum absolute atomic E-state index is 0.688. The number of rotatable bonds is 7. The summed E-state index contributed by atoms with van der Waals surface area (Å²) in [5, 5.41) is 8.87. The van der Waals surface area contributed by atoms with Gasteiger partial charge in [-0.25, -0.2) is 0 Å². The molecule has 3 nitrogen and oxygen atoms in total. The molecule has 0 spiro atoms. The fraction of sp³-hybridized carbons (Fsp3) is 0.545. The van der Waals surface area contributed by atoms with Crippen molar-refractivity contribution in [3.8, 4) is 17.0 Å². The molecule has 0 unspecified atom stereocenters. The van der Waals surface area contributed by atoms with Crippen LogP contribution in [0.2, 0.25) is 0 Å². The molecule has 0 amide bonds. The SMILES string of the molecule is CCOc1ccc(-c2ccc(CCC3CCC(CC)CC3)nn2)cc1. The van der Waals surface area contributed by atoms with Gasteiger partial charge in [-0.2, -0.15) is 10.2 Å². The molecule has 0 bridgehead atoms. The molecule has 134 valence electrons. The molecule has 0 saturated heterocycles. The summed E-state index contributed by atoms with van der Waals surface area (Å²) in [7, 11) is 0. The fourth-order valence-corrected chi connectivity index (χ4v) is 3.82.